The lowest BCUT2D eigenvalue weighted by molar-refractivity contribution is -0.189. The molecule has 2 fully saturated rings. The van der Waals surface area contributed by atoms with E-state index in [1.807, 2.05) is 11.2 Å². The van der Waals surface area contributed by atoms with Crippen molar-refractivity contribution in [1.82, 2.24) is 4.90 Å². The number of likely N-dealkylation sites (tertiary alicyclic amines) is 1. The first-order valence-corrected chi connectivity index (χ1v) is 12.2. The van der Waals surface area contributed by atoms with Crippen molar-refractivity contribution in [2.45, 2.75) is 63.9 Å². The molecule has 3 aliphatic rings. The first kappa shape index (κ1) is 21.0. The van der Waals surface area contributed by atoms with Gasteiger partial charge in [-0.3, -0.25) is 4.79 Å². The first-order chi connectivity index (χ1) is 13.8. The van der Waals surface area contributed by atoms with Crippen LogP contribution in [-0.4, -0.2) is 53.7 Å². The summed E-state index contributed by atoms with van der Waals surface area (Å²) in [6.07, 6.45) is 4.96. The van der Waals surface area contributed by atoms with Crippen molar-refractivity contribution in [2.75, 3.05) is 25.1 Å². The predicted molar refractivity (Wildman–Crippen MR) is 117 cm³/mol. The van der Waals surface area contributed by atoms with E-state index < -0.39 is 0 Å². The van der Waals surface area contributed by atoms with E-state index in [0.717, 1.165) is 43.9 Å². The molecule has 3 aliphatic heterocycles. The van der Waals surface area contributed by atoms with Gasteiger partial charge >= 0.3 is 0 Å². The van der Waals surface area contributed by atoms with E-state index in [1.54, 1.807) is 11.8 Å². The normalized spacial score (nSPS) is 31.1. The molecule has 0 spiro atoms. The van der Waals surface area contributed by atoms with Gasteiger partial charge in [-0.15, -0.1) is 0 Å². The van der Waals surface area contributed by atoms with Crippen LogP contribution in [0.3, 0.4) is 0 Å². The minimum atomic E-state index is -0.388. The van der Waals surface area contributed by atoms with Crippen LogP contribution in [0.2, 0.25) is 0 Å². The molecule has 29 heavy (non-hydrogen) atoms. The van der Waals surface area contributed by atoms with Crippen LogP contribution < -0.4 is 10.5 Å². The molecule has 2 saturated heterocycles. The summed E-state index contributed by atoms with van der Waals surface area (Å²) in [5.74, 6) is 2.60. The lowest BCUT2D eigenvalue weighted by Crippen LogP contribution is -2.57. The highest BCUT2D eigenvalue weighted by molar-refractivity contribution is 7.98. The predicted octanol–water partition coefficient (Wildman–Crippen LogP) is 3.54. The molecular weight excluding hydrogens is 384 g/mol. The number of benzene rings is 1. The molecule has 160 valence electrons. The average Bonchev–Trinajstić information content (AvgIpc) is 2.69. The van der Waals surface area contributed by atoms with Crippen molar-refractivity contribution in [3.05, 3.63) is 29.3 Å². The van der Waals surface area contributed by atoms with Crippen molar-refractivity contribution in [3.8, 4) is 5.75 Å². The van der Waals surface area contributed by atoms with Gasteiger partial charge < -0.3 is 20.1 Å². The van der Waals surface area contributed by atoms with Crippen LogP contribution in [0, 0.1) is 18.8 Å². The van der Waals surface area contributed by atoms with E-state index in [2.05, 4.69) is 39.0 Å². The fourth-order valence-electron chi connectivity index (χ4n) is 5.21. The Morgan fingerprint density at radius 3 is 2.97 bits per heavy atom. The minimum absolute atomic E-state index is 0.0710. The molecule has 3 heterocycles. The summed E-state index contributed by atoms with van der Waals surface area (Å²) in [5.41, 5.74) is 8.25. The monoisotopic (exact) mass is 418 g/mol. The van der Waals surface area contributed by atoms with Gasteiger partial charge in [0, 0.05) is 30.5 Å². The van der Waals surface area contributed by atoms with Crippen LogP contribution >= 0.6 is 11.8 Å². The van der Waals surface area contributed by atoms with Gasteiger partial charge in [0.1, 0.15) is 11.4 Å². The zero-order chi connectivity index (χ0) is 20.8. The number of carbonyl (C=O) groups excluding carboxylic acids is 1. The number of aryl methyl sites for hydroxylation is 1. The van der Waals surface area contributed by atoms with E-state index in [4.69, 9.17) is 15.2 Å². The molecule has 5 nitrogen and oxygen atoms in total. The largest absolute Gasteiger partial charge is 0.487 e. The maximum Gasteiger partial charge on any atom is 0.239 e. The van der Waals surface area contributed by atoms with E-state index in [1.165, 1.54) is 11.1 Å². The number of carbonyl (C=O) groups is 1. The number of hydrogen-bond donors (Lipinski definition) is 1. The van der Waals surface area contributed by atoms with Gasteiger partial charge in [0.15, 0.2) is 0 Å². The molecule has 0 unspecified atom stereocenters. The quantitative estimate of drug-likeness (QED) is 0.810. The van der Waals surface area contributed by atoms with Crippen LogP contribution in [0.1, 0.15) is 50.3 Å². The average molecular weight is 419 g/mol. The third-order valence-corrected chi connectivity index (χ3v) is 7.56. The fraction of sp³-hybridized carbons (Fsp3) is 0.696. The third-order valence-electron chi connectivity index (χ3n) is 6.91. The molecule has 2 N–H and O–H groups in total. The van der Waals surface area contributed by atoms with Crippen LogP contribution in [0.15, 0.2) is 18.2 Å². The molecule has 1 aromatic carbocycles. The van der Waals surface area contributed by atoms with Crippen molar-refractivity contribution in [3.63, 3.8) is 0 Å². The summed E-state index contributed by atoms with van der Waals surface area (Å²) in [4.78, 5) is 14.8. The summed E-state index contributed by atoms with van der Waals surface area (Å²) in [5, 5.41) is 0. The van der Waals surface area contributed by atoms with Gasteiger partial charge in [0.25, 0.3) is 0 Å². The van der Waals surface area contributed by atoms with Crippen LogP contribution in [0.5, 0.6) is 5.75 Å². The molecule has 0 aromatic heterocycles. The number of nitrogens with zero attached hydrogens (tertiary/aromatic N) is 1. The number of fused-ring (bicyclic) bond motifs is 4. The zero-order valence-electron chi connectivity index (χ0n) is 18.0. The highest BCUT2D eigenvalue weighted by Gasteiger charge is 2.51. The molecule has 0 saturated carbocycles. The Morgan fingerprint density at radius 1 is 1.41 bits per heavy atom. The van der Waals surface area contributed by atoms with E-state index in [0.29, 0.717) is 5.92 Å². The number of ether oxygens (including phenoxy) is 2. The topological polar surface area (TPSA) is 64.8 Å². The fourth-order valence-corrected chi connectivity index (χ4v) is 5.70. The lowest BCUT2D eigenvalue weighted by Gasteiger charge is -2.53. The third kappa shape index (κ3) is 4.04. The molecule has 0 bridgehead atoms. The lowest BCUT2D eigenvalue weighted by atomic mass is 9.70. The number of thioether (sulfide) groups is 1. The van der Waals surface area contributed by atoms with Crippen molar-refractivity contribution in [1.29, 1.82) is 0 Å². The van der Waals surface area contributed by atoms with Crippen molar-refractivity contribution in [2.24, 2.45) is 17.6 Å². The summed E-state index contributed by atoms with van der Waals surface area (Å²) in [6, 6.07) is 6.05. The Morgan fingerprint density at radius 2 is 2.21 bits per heavy atom. The van der Waals surface area contributed by atoms with Gasteiger partial charge in [-0.2, -0.15) is 11.8 Å². The smallest absolute Gasteiger partial charge is 0.239 e. The summed E-state index contributed by atoms with van der Waals surface area (Å²) in [7, 11) is 0. The number of rotatable bonds is 4. The number of nitrogens with two attached hydrogens (primary N) is 1. The maximum atomic E-state index is 12.8. The van der Waals surface area contributed by atoms with Gasteiger partial charge in [0.05, 0.1) is 18.2 Å². The summed E-state index contributed by atoms with van der Waals surface area (Å²) < 4.78 is 13.1. The highest BCUT2D eigenvalue weighted by atomic mass is 32.2. The van der Waals surface area contributed by atoms with Crippen LogP contribution in [0.4, 0.5) is 0 Å². The summed E-state index contributed by atoms with van der Waals surface area (Å²) in [6.45, 7) is 7.92. The second-order valence-electron chi connectivity index (χ2n) is 9.41. The van der Waals surface area contributed by atoms with Gasteiger partial charge in [-0.1, -0.05) is 12.1 Å². The zero-order valence-corrected chi connectivity index (χ0v) is 18.8. The minimum Gasteiger partial charge on any atom is -0.487 e. The molecule has 0 aliphatic carbocycles. The second-order valence-corrected chi connectivity index (χ2v) is 10.4. The van der Waals surface area contributed by atoms with Crippen molar-refractivity contribution >= 4 is 17.7 Å². The molecule has 6 heteroatoms. The number of piperidine rings is 1. The Balaban J connectivity index is 1.50. The highest BCUT2D eigenvalue weighted by Crippen LogP contribution is 2.53. The van der Waals surface area contributed by atoms with Gasteiger partial charge in [-0.05, 0) is 63.7 Å². The summed E-state index contributed by atoms with van der Waals surface area (Å²) >= 11 is 1.73. The van der Waals surface area contributed by atoms with Gasteiger partial charge in [0.2, 0.25) is 5.91 Å². The van der Waals surface area contributed by atoms with Gasteiger partial charge in [-0.25, -0.2) is 0 Å². The van der Waals surface area contributed by atoms with Crippen LogP contribution in [0.25, 0.3) is 0 Å². The maximum absolute atomic E-state index is 12.8. The Bertz CT molecular complexity index is 768. The second kappa shape index (κ2) is 8.12. The molecular formula is C23H34N2O3S. The van der Waals surface area contributed by atoms with E-state index in [9.17, 15) is 4.79 Å². The van der Waals surface area contributed by atoms with Crippen molar-refractivity contribution < 1.29 is 14.3 Å². The number of amides is 1. The molecule has 1 amide bonds. The first-order valence-electron chi connectivity index (χ1n) is 10.8. The molecule has 1 aromatic rings. The SMILES string of the molecule is CSCC[C@@H](N)C(=O)N1CC[C@@H]2O[C@@H]3c4ccc(C)cc4OC(C)(C)[C@H]3C[C@@H]2C1. The van der Waals surface area contributed by atoms with E-state index >= 15 is 0 Å². The standard InChI is InChI=1S/C23H34N2O3S/c1-14-5-6-16-20(11-14)28-23(2,3)17-12-15-13-25(9-7-19(15)27-21(16)17)22(26)18(24)8-10-29-4/h5-6,11,15,17-19,21H,7-10,12-13,24H2,1-4H3/t15-,17+,18-,19+,21-/m1/s1. The number of hydrogen-bond acceptors (Lipinski definition) is 5. The molecule has 5 atom stereocenters. The Labute approximate surface area is 178 Å². The Hall–Kier alpha value is -1.24. The van der Waals surface area contributed by atoms with Crippen LogP contribution in [-0.2, 0) is 9.53 Å². The molecule has 0 radical (unpaired) electrons. The van der Waals surface area contributed by atoms with E-state index in [-0.39, 0.29) is 35.7 Å². The Kier molecular flexibility index (Phi) is 5.88. The molecule has 4 rings (SSSR count).